The molecular weight excluding hydrogens is 300 g/mol. The first-order valence-electron chi connectivity index (χ1n) is 6.69. The highest BCUT2D eigenvalue weighted by Gasteiger charge is 2.05. The predicted octanol–water partition coefficient (Wildman–Crippen LogP) is 4.90. The van der Waals surface area contributed by atoms with E-state index in [0.29, 0.717) is 5.82 Å². The summed E-state index contributed by atoms with van der Waals surface area (Å²) in [7, 11) is 0. The fourth-order valence-corrected chi connectivity index (χ4v) is 3.48. The van der Waals surface area contributed by atoms with Gasteiger partial charge >= 0.3 is 0 Å². The maximum atomic E-state index is 6.17. The number of anilines is 1. The Morgan fingerprint density at radius 2 is 1.67 bits per heavy atom. The second-order valence-corrected chi connectivity index (χ2v) is 6.20. The molecular formula is C17H15ClN2S. The number of hydrogen-bond acceptors (Lipinski definition) is 3. The number of halogens is 1. The van der Waals surface area contributed by atoms with E-state index < -0.39 is 0 Å². The number of fused-ring (bicyclic) bond motifs is 1. The summed E-state index contributed by atoms with van der Waals surface area (Å²) in [5.41, 5.74) is 9.21. The molecule has 0 atom stereocenters. The number of hydrogen-bond donors (Lipinski definition) is 1. The molecule has 0 amide bonds. The number of nitrogens with two attached hydrogens (primary N) is 1. The summed E-state index contributed by atoms with van der Waals surface area (Å²) >= 11 is 7.96. The number of aromatic nitrogens is 1. The highest BCUT2D eigenvalue weighted by atomic mass is 35.5. The number of rotatable bonds is 4. The summed E-state index contributed by atoms with van der Waals surface area (Å²) in [5.74, 6) is 2.31. The Kier molecular flexibility index (Phi) is 4.32. The molecule has 0 fully saturated rings. The Balaban J connectivity index is 1.73. The number of pyridine rings is 1. The van der Waals surface area contributed by atoms with E-state index in [4.69, 9.17) is 17.3 Å². The van der Waals surface area contributed by atoms with E-state index in [0.717, 1.165) is 38.6 Å². The minimum atomic E-state index is 0.611. The van der Waals surface area contributed by atoms with E-state index in [1.54, 1.807) is 11.8 Å². The SMILES string of the molecule is Nc1nc2ccccc2cc1CSCc1ccccc1Cl. The van der Waals surface area contributed by atoms with Crippen LogP contribution in [-0.2, 0) is 11.5 Å². The van der Waals surface area contributed by atoms with Crippen molar-refractivity contribution in [2.24, 2.45) is 0 Å². The normalized spacial score (nSPS) is 10.9. The molecule has 2 N–H and O–H groups in total. The van der Waals surface area contributed by atoms with Gasteiger partial charge in [0.1, 0.15) is 5.82 Å². The standard InChI is InChI=1S/C17H15ClN2S/c18-15-7-3-1-6-13(15)10-21-11-14-9-12-5-2-4-8-16(12)20-17(14)19/h1-9H,10-11H2,(H2,19,20). The van der Waals surface area contributed by atoms with Crippen LogP contribution in [-0.4, -0.2) is 4.98 Å². The molecule has 0 aliphatic carbocycles. The van der Waals surface area contributed by atoms with Crippen molar-refractivity contribution in [1.29, 1.82) is 0 Å². The van der Waals surface area contributed by atoms with E-state index in [-0.39, 0.29) is 0 Å². The summed E-state index contributed by atoms with van der Waals surface area (Å²) in [6.07, 6.45) is 0. The van der Waals surface area contributed by atoms with Gasteiger partial charge in [-0.25, -0.2) is 4.98 Å². The second kappa shape index (κ2) is 6.37. The van der Waals surface area contributed by atoms with Crippen LogP contribution in [0.4, 0.5) is 5.82 Å². The zero-order chi connectivity index (χ0) is 14.7. The van der Waals surface area contributed by atoms with Crippen LogP contribution in [0.1, 0.15) is 11.1 Å². The first-order chi connectivity index (χ1) is 10.2. The molecule has 0 spiro atoms. The molecule has 0 radical (unpaired) electrons. The number of nitrogens with zero attached hydrogens (tertiary/aromatic N) is 1. The van der Waals surface area contributed by atoms with Crippen LogP contribution in [0, 0.1) is 0 Å². The van der Waals surface area contributed by atoms with Gasteiger partial charge in [0.25, 0.3) is 0 Å². The van der Waals surface area contributed by atoms with Gasteiger partial charge in [0.05, 0.1) is 5.52 Å². The fraction of sp³-hybridized carbons (Fsp3) is 0.118. The van der Waals surface area contributed by atoms with Crippen molar-refractivity contribution in [3.05, 3.63) is 70.7 Å². The van der Waals surface area contributed by atoms with E-state index in [2.05, 4.69) is 23.2 Å². The van der Waals surface area contributed by atoms with Gasteiger partial charge in [-0.2, -0.15) is 11.8 Å². The Morgan fingerprint density at radius 3 is 2.52 bits per heavy atom. The lowest BCUT2D eigenvalue weighted by molar-refractivity contribution is 1.31. The van der Waals surface area contributed by atoms with Crippen LogP contribution >= 0.6 is 23.4 Å². The molecule has 0 aliphatic heterocycles. The van der Waals surface area contributed by atoms with Gasteiger partial charge in [0.2, 0.25) is 0 Å². The van der Waals surface area contributed by atoms with Crippen LogP contribution in [0.3, 0.4) is 0 Å². The fourth-order valence-electron chi connectivity index (χ4n) is 2.18. The van der Waals surface area contributed by atoms with Crippen molar-refractivity contribution >= 4 is 40.1 Å². The number of para-hydroxylation sites is 1. The van der Waals surface area contributed by atoms with E-state index in [1.165, 1.54) is 0 Å². The van der Waals surface area contributed by atoms with E-state index in [1.807, 2.05) is 36.4 Å². The van der Waals surface area contributed by atoms with Crippen molar-refractivity contribution < 1.29 is 0 Å². The monoisotopic (exact) mass is 314 g/mol. The summed E-state index contributed by atoms with van der Waals surface area (Å²) in [6.45, 7) is 0. The lowest BCUT2D eigenvalue weighted by Crippen LogP contribution is -1.97. The molecule has 21 heavy (non-hydrogen) atoms. The molecule has 0 saturated carbocycles. The van der Waals surface area contributed by atoms with E-state index >= 15 is 0 Å². The van der Waals surface area contributed by atoms with Crippen molar-refractivity contribution in [3.8, 4) is 0 Å². The van der Waals surface area contributed by atoms with Crippen LogP contribution in [0.15, 0.2) is 54.6 Å². The third-order valence-electron chi connectivity index (χ3n) is 3.31. The third-order valence-corrected chi connectivity index (χ3v) is 4.71. The minimum absolute atomic E-state index is 0.611. The highest BCUT2D eigenvalue weighted by molar-refractivity contribution is 7.97. The number of benzene rings is 2. The van der Waals surface area contributed by atoms with Crippen molar-refractivity contribution in [2.45, 2.75) is 11.5 Å². The van der Waals surface area contributed by atoms with Crippen molar-refractivity contribution in [3.63, 3.8) is 0 Å². The highest BCUT2D eigenvalue weighted by Crippen LogP contribution is 2.26. The first-order valence-corrected chi connectivity index (χ1v) is 8.22. The smallest absolute Gasteiger partial charge is 0.128 e. The molecule has 1 aromatic heterocycles. The number of thioether (sulfide) groups is 1. The largest absolute Gasteiger partial charge is 0.383 e. The van der Waals surface area contributed by atoms with Crippen LogP contribution in [0.2, 0.25) is 5.02 Å². The quantitative estimate of drug-likeness (QED) is 0.744. The second-order valence-electron chi connectivity index (χ2n) is 4.81. The summed E-state index contributed by atoms with van der Waals surface area (Å²) in [6, 6.07) is 18.1. The zero-order valence-electron chi connectivity index (χ0n) is 11.4. The molecule has 1 heterocycles. The van der Waals surface area contributed by atoms with Crippen molar-refractivity contribution in [1.82, 2.24) is 4.98 Å². The topological polar surface area (TPSA) is 38.9 Å². The average molecular weight is 315 g/mol. The summed E-state index contributed by atoms with van der Waals surface area (Å²) in [4.78, 5) is 4.46. The summed E-state index contributed by atoms with van der Waals surface area (Å²) in [5, 5.41) is 1.94. The van der Waals surface area contributed by atoms with Crippen LogP contribution in [0.5, 0.6) is 0 Å². The Morgan fingerprint density at radius 1 is 0.952 bits per heavy atom. The van der Waals surface area contributed by atoms with Crippen molar-refractivity contribution in [2.75, 3.05) is 5.73 Å². The van der Waals surface area contributed by atoms with Gasteiger partial charge in [0.15, 0.2) is 0 Å². The molecule has 3 aromatic rings. The molecule has 0 aliphatic rings. The van der Waals surface area contributed by atoms with Gasteiger partial charge in [0, 0.05) is 27.5 Å². The maximum absolute atomic E-state index is 6.17. The summed E-state index contributed by atoms with van der Waals surface area (Å²) < 4.78 is 0. The molecule has 0 bridgehead atoms. The van der Waals surface area contributed by atoms with Gasteiger partial charge in [-0.1, -0.05) is 48.0 Å². The molecule has 0 saturated heterocycles. The maximum Gasteiger partial charge on any atom is 0.128 e. The third kappa shape index (κ3) is 3.31. The predicted molar refractivity (Wildman–Crippen MR) is 92.6 cm³/mol. The van der Waals surface area contributed by atoms with Gasteiger partial charge in [-0.3, -0.25) is 0 Å². The lowest BCUT2D eigenvalue weighted by Gasteiger charge is -2.08. The van der Waals surface area contributed by atoms with E-state index in [9.17, 15) is 0 Å². The number of nitrogen functional groups attached to an aromatic ring is 1. The van der Waals surface area contributed by atoms with Crippen LogP contribution in [0.25, 0.3) is 10.9 Å². The molecule has 2 aromatic carbocycles. The molecule has 3 rings (SSSR count). The Hall–Kier alpha value is -1.71. The Bertz CT molecular complexity index is 774. The van der Waals surface area contributed by atoms with Gasteiger partial charge < -0.3 is 5.73 Å². The first kappa shape index (κ1) is 14.2. The lowest BCUT2D eigenvalue weighted by atomic mass is 10.1. The minimum Gasteiger partial charge on any atom is -0.383 e. The zero-order valence-corrected chi connectivity index (χ0v) is 13.0. The average Bonchev–Trinajstić information content (AvgIpc) is 2.49. The molecule has 106 valence electrons. The molecule has 2 nitrogen and oxygen atoms in total. The molecule has 4 heteroatoms. The van der Waals surface area contributed by atoms with Crippen LogP contribution < -0.4 is 5.73 Å². The van der Waals surface area contributed by atoms with Gasteiger partial charge in [-0.05, 0) is 23.8 Å². The van der Waals surface area contributed by atoms with Gasteiger partial charge in [-0.15, -0.1) is 0 Å². The molecule has 0 unspecified atom stereocenters. The Labute approximate surface area is 133 Å².